The highest BCUT2D eigenvalue weighted by atomic mass is 16.4. The molecule has 13 heavy (non-hydrogen) atoms. The Morgan fingerprint density at radius 2 is 1.85 bits per heavy atom. The lowest BCUT2D eigenvalue weighted by Crippen LogP contribution is -2.25. The van der Waals surface area contributed by atoms with Gasteiger partial charge in [-0.3, -0.25) is 4.79 Å². The van der Waals surface area contributed by atoms with Crippen LogP contribution in [-0.4, -0.2) is 17.1 Å². The normalized spacial score (nSPS) is 30.9. The largest absolute Gasteiger partial charge is 0.480 e. The number of hydrogen-bond donors (Lipinski definition) is 2. The summed E-state index contributed by atoms with van der Waals surface area (Å²) in [6.45, 7) is 1.42. The molecule has 3 atom stereocenters. The molecule has 0 heterocycles. The molecule has 3 heteroatoms. The van der Waals surface area contributed by atoms with Crippen LogP contribution in [-0.2, 0) is 4.79 Å². The van der Waals surface area contributed by atoms with Gasteiger partial charge in [-0.05, 0) is 38.0 Å². The van der Waals surface area contributed by atoms with Crippen molar-refractivity contribution in [1.82, 2.24) is 0 Å². The quantitative estimate of drug-likeness (QED) is 0.604. The van der Waals surface area contributed by atoms with Gasteiger partial charge >= 0.3 is 5.97 Å². The summed E-state index contributed by atoms with van der Waals surface area (Å²) in [7, 11) is 0. The van der Waals surface area contributed by atoms with Crippen LogP contribution in [0, 0.1) is 11.8 Å². The first-order valence-corrected chi connectivity index (χ1v) is 4.76. The SMILES string of the molecule is C1=CC2CCC1C2.CC(N)C(=O)O. The highest BCUT2D eigenvalue weighted by Gasteiger charge is 2.25. The van der Waals surface area contributed by atoms with E-state index in [4.69, 9.17) is 10.8 Å². The van der Waals surface area contributed by atoms with Crippen LogP contribution in [0.4, 0.5) is 0 Å². The molecule has 2 rings (SSSR count). The van der Waals surface area contributed by atoms with E-state index in [1.165, 1.54) is 26.2 Å². The van der Waals surface area contributed by atoms with Gasteiger partial charge in [-0.1, -0.05) is 12.2 Å². The molecule has 2 aliphatic rings. The summed E-state index contributed by atoms with van der Waals surface area (Å²) in [5.41, 5.74) is 4.84. The summed E-state index contributed by atoms with van der Waals surface area (Å²) >= 11 is 0. The maximum Gasteiger partial charge on any atom is 0.320 e. The van der Waals surface area contributed by atoms with E-state index in [0.717, 1.165) is 11.8 Å². The van der Waals surface area contributed by atoms with E-state index in [9.17, 15) is 4.79 Å². The van der Waals surface area contributed by atoms with Crippen LogP contribution >= 0.6 is 0 Å². The van der Waals surface area contributed by atoms with Crippen LogP contribution in [0.5, 0.6) is 0 Å². The van der Waals surface area contributed by atoms with Crippen molar-refractivity contribution in [3.8, 4) is 0 Å². The van der Waals surface area contributed by atoms with E-state index < -0.39 is 12.0 Å². The van der Waals surface area contributed by atoms with Gasteiger partial charge in [0, 0.05) is 0 Å². The van der Waals surface area contributed by atoms with Gasteiger partial charge in [0.1, 0.15) is 6.04 Å². The molecule has 1 fully saturated rings. The number of hydrogen-bond acceptors (Lipinski definition) is 2. The zero-order valence-electron chi connectivity index (χ0n) is 7.94. The third-order valence-corrected chi connectivity index (χ3v) is 2.56. The minimum absolute atomic E-state index is 0.731. The fourth-order valence-corrected chi connectivity index (χ4v) is 1.72. The van der Waals surface area contributed by atoms with Crippen molar-refractivity contribution in [2.24, 2.45) is 17.6 Å². The first kappa shape index (κ1) is 10.3. The summed E-state index contributed by atoms with van der Waals surface area (Å²) in [5, 5.41) is 7.87. The molecular weight excluding hydrogens is 166 g/mol. The van der Waals surface area contributed by atoms with E-state index in [2.05, 4.69) is 12.2 Å². The Bertz CT molecular complexity index is 199. The third-order valence-electron chi connectivity index (χ3n) is 2.56. The second-order valence-corrected chi connectivity index (χ2v) is 3.85. The van der Waals surface area contributed by atoms with Crippen molar-refractivity contribution < 1.29 is 9.90 Å². The molecule has 0 aliphatic heterocycles. The van der Waals surface area contributed by atoms with E-state index in [0.29, 0.717) is 0 Å². The van der Waals surface area contributed by atoms with Gasteiger partial charge in [0.2, 0.25) is 0 Å². The zero-order chi connectivity index (χ0) is 9.84. The summed E-state index contributed by atoms with van der Waals surface area (Å²) in [4.78, 5) is 9.57. The van der Waals surface area contributed by atoms with Crippen molar-refractivity contribution in [2.75, 3.05) is 0 Å². The maximum absolute atomic E-state index is 9.57. The molecule has 3 unspecified atom stereocenters. The third kappa shape index (κ3) is 3.19. The first-order valence-electron chi connectivity index (χ1n) is 4.76. The van der Waals surface area contributed by atoms with Gasteiger partial charge in [0.05, 0.1) is 0 Å². The Kier molecular flexibility index (Phi) is 3.48. The van der Waals surface area contributed by atoms with E-state index in [1.54, 1.807) is 0 Å². The first-order chi connectivity index (χ1) is 6.09. The molecule has 0 radical (unpaired) electrons. The lowest BCUT2D eigenvalue weighted by Gasteiger charge is -1.96. The van der Waals surface area contributed by atoms with Crippen LogP contribution in [0.25, 0.3) is 0 Å². The molecule has 0 spiro atoms. The van der Waals surface area contributed by atoms with Gasteiger partial charge in [0.15, 0.2) is 0 Å². The molecule has 3 nitrogen and oxygen atoms in total. The molecule has 0 saturated heterocycles. The van der Waals surface area contributed by atoms with Crippen LogP contribution in [0.15, 0.2) is 12.2 Å². The summed E-state index contributed by atoms with van der Waals surface area (Å²) in [6, 6.07) is -0.731. The number of nitrogens with two attached hydrogens (primary N) is 1. The van der Waals surface area contributed by atoms with Crippen LogP contribution in [0.2, 0.25) is 0 Å². The predicted octanol–water partition coefficient (Wildman–Crippen LogP) is 1.39. The second kappa shape index (κ2) is 4.42. The predicted molar refractivity (Wildman–Crippen MR) is 51.3 cm³/mol. The van der Waals surface area contributed by atoms with Crippen molar-refractivity contribution in [1.29, 1.82) is 0 Å². The average Bonchev–Trinajstić information content (AvgIpc) is 2.67. The Morgan fingerprint density at radius 3 is 1.92 bits per heavy atom. The molecule has 0 aromatic heterocycles. The van der Waals surface area contributed by atoms with Crippen LogP contribution in [0.1, 0.15) is 26.2 Å². The second-order valence-electron chi connectivity index (χ2n) is 3.85. The van der Waals surface area contributed by atoms with Gasteiger partial charge < -0.3 is 10.8 Å². The molecule has 2 bridgehead atoms. The molecule has 1 saturated carbocycles. The summed E-state index contributed by atoms with van der Waals surface area (Å²) < 4.78 is 0. The van der Waals surface area contributed by atoms with Crippen LogP contribution in [0.3, 0.4) is 0 Å². The number of aliphatic carboxylic acids is 1. The highest BCUT2D eigenvalue weighted by molar-refractivity contribution is 5.72. The fourth-order valence-electron chi connectivity index (χ4n) is 1.72. The number of allylic oxidation sites excluding steroid dienone is 2. The number of carbonyl (C=O) groups is 1. The van der Waals surface area contributed by atoms with E-state index in [-0.39, 0.29) is 0 Å². The Balaban J connectivity index is 0.000000133. The number of fused-ring (bicyclic) bond motifs is 2. The maximum atomic E-state index is 9.57. The van der Waals surface area contributed by atoms with Crippen molar-refractivity contribution in [2.45, 2.75) is 32.2 Å². The summed E-state index contributed by atoms with van der Waals surface area (Å²) in [6.07, 6.45) is 9.19. The molecule has 3 N–H and O–H groups in total. The molecule has 0 aromatic rings. The standard InChI is InChI=1S/C7H10.C3H7NO2/c1-2-7-4-3-6(1)5-7;1-2(4)3(5)6/h1-2,6-7H,3-5H2;2H,4H2,1H3,(H,5,6). The van der Waals surface area contributed by atoms with Gasteiger partial charge in [-0.25, -0.2) is 0 Å². The molecular formula is C10H17NO2. The van der Waals surface area contributed by atoms with Crippen molar-refractivity contribution >= 4 is 5.97 Å². The van der Waals surface area contributed by atoms with Gasteiger partial charge in [-0.2, -0.15) is 0 Å². The molecule has 74 valence electrons. The number of carboxylic acids is 1. The lowest BCUT2D eigenvalue weighted by molar-refractivity contribution is -0.138. The highest BCUT2D eigenvalue weighted by Crippen LogP contribution is 2.38. The van der Waals surface area contributed by atoms with Crippen LogP contribution < -0.4 is 5.73 Å². The smallest absolute Gasteiger partial charge is 0.320 e. The topological polar surface area (TPSA) is 63.3 Å². The van der Waals surface area contributed by atoms with Crippen molar-refractivity contribution in [3.05, 3.63) is 12.2 Å². The van der Waals surface area contributed by atoms with E-state index >= 15 is 0 Å². The Labute approximate surface area is 78.6 Å². The van der Waals surface area contributed by atoms with E-state index in [1.807, 2.05) is 0 Å². The molecule has 0 aromatic carbocycles. The minimum Gasteiger partial charge on any atom is -0.480 e. The summed E-state index contributed by atoms with van der Waals surface area (Å²) in [5.74, 6) is 1.02. The molecule has 2 aliphatic carbocycles. The monoisotopic (exact) mass is 183 g/mol. The lowest BCUT2D eigenvalue weighted by atomic mass is 10.1. The van der Waals surface area contributed by atoms with Gasteiger partial charge in [-0.15, -0.1) is 0 Å². The fraction of sp³-hybridized carbons (Fsp3) is 0.700. The zero-order valence-corrected chi connectivity index (χ0v) is 7.94. The number of rotatable bonds is 1. The Morgan fingerprint density at radius 1 is 1.46 bits per heavy atom. The average molecular weight is 183 g/mol. The Hall–Kier alpha value is -0.830. The van der Waals surface area contributed by atoms with Gasteiger partial charge in [0.25, 0.3) is 0 Å². The molecule has 0 amide bonds. The minimum atomic E-state index is -0.963. The van der Waals surface area contributed by atoms with Crippen molar-refractivity contribution in [3.63, 3.8) is 0 Å². The number of carboxylic acid groups (broad SMARTS) is 1.